The lowest BCUT2D eigenvalue weighted by molar-refractivity contribution is -0.141. The zero-order valence-electron chi connectivity index (χ0n) is 14.3. The number of carbonyl (C=O) groups is 2. The minimum absolute atomic E-state index is 0.217. The summed E-state index contributed by atoms with van der Waals surface area (Å²) < 4.78 is 10.9. The van der Waals surface area contributed by atoms with Crippen molar-refractivity contribution < 1.29 is 24.2 Å². The first-order valence-electron chi connectivity index (χ1n) is 8.16. The van der Waals surface area contributed by atoms with Crippen LogP contribution in [0, 0.1) is 5.92 Å². The molecule has 1 fully saturated rings. The third kappa shape index (κ3) is 4.89. The van der Waals surface area contributed by atoms with E-state index in [4.69, 9.17) is 26.2 Å². The van der Waals surface area contributed by atoms with E-state index in [-0.39, 0.29) is 12.5 Å². The van der Waals surface area contributed by atoms with Crippen molar-refractivity contribution in [2.45, 2.75) is 19.8 Å². The lowest BCUT2D eigenvalue weighted by Gasteiger charge is -2.14. The summed E-state index contributed by atoms with van der Waals surface area (Å²) in [6.07, 6.45) is 4.39. The summed E-state index contributed by atoms with van der Waals surface area (Å²) in [6, 6.07) is 3.44. The Morgan fingerprint density at radius 3 is 2.80 bits per heavy atom. The van der Waals surface area contributed by atoms with E-state index >= 15 is 0 Å². The van der Waals surface area contributed by atoms with Crippen LogP contribution >= 0.6 is 11.6 Å². The largest absolute Gasteiger partial charge is 0.493 e. The van der Waals surface area contributed by atoms with Crippen molar-refractivity contribution in [3.8, 4) is 11.5 Å². The molecule has 1 aliphatic heterocycles. The molecule has 1 aromatic rings. The van der Waals surface area contributed by atoms with Crippen molar-refractivity contribution in [1.29, 1.82) is 0 Å². The van der Waals surface area contributed by atoms with Crippen molar-refractivity contribution >= 4 is 29.6 Å². The minimum atomic E-state index is -0.863. The Labute approximate surface area is 152 Å². The van der Waals surface area contributed by atoms with Crippen molar-refractivity contribution in [1.82, 2.24) is 4.90 Å². The molecule has 0 aliphatic carbocycles. The molecule has 1 unspecified atom stereocenters. The highest BCUT2D eigenvalue weighted by atomic mass is 35.5. The summed E-state index contributed by atoms with van der Waals surface area (Å²) in [7, 11) is 1.53. The number of nitrogens with zero attached hydrogens (tertiary/aromatic N) is 1. The number of amides is 1. The van der Waals surface area contributed by atoms with E-state index in [0.29, 0.717) is 41.7 Å². The van der Waals surface area contributed by atoms with Gasteiger partial charge >= 0.3 is 5.97 Å². The SMILES string of the molecule is CCCOc1c(Cl)cc(/C=C/C(=O)N2CCC(C(=O)O)C2)cc1OC. The number of methoxy groups -OCH3 is 1. The van der Waals surface area contributed by atoms with Crippen LogP contribution in [0.15, 0.2) is 18.2 Å². The first kappa shape index (κ1) is 19.1. The van der Waals surface area contributed by atoms with E-state index in [0.717, 1.165) is 6.42 Å². The highest BCUT2D eigenvalue weighted by molar-refractivity contribution is 6.32. The second-order valence-corrected chi connectivity index (χ2v) is 6.23. The fraction of sp³-hybridized carbons (Fsp3) is 0.444. The molecule has 0 aromatic heterocycles. The number of rotatable bonds is 7. The normalized spacial score (nSPS) is 17.1. The van der Waals surface area contributed by atoms with Crippen LogP contribution in [0.3, 0.4) is 0 Å². The maximum Gasteiger partial charge on any atom is 0.308 e. The first-order chi connectivity index (χ1) is 12.0. The van der Waals surface area contributed by atoms with Gasteiger partial charge in [-0.2, -0.15) is 0 Å². The summed E-state index contributed by atoms with van der Waals surface area (Å²) in [6.45, 7) is 3.22. The first-order valence-corrected chi connectivity index (χ1v) is 8.54. The summed E-state index contributed by atoms with van der Waals surface area (Å²) >= 11 is 6.25. The molecule has 1 atom stereocenters. The number of carboxylic acid groups (broad SMARTS) is 1. The number of carbonyl (C=O) groups excluding carboxylic acids is 1. The Balaban J connectivity index is 2.09. The van der Waals surface area contributed by atoms with Crippen LogP contribution in [0.4, 0.5) is 0 Å². The molecule has 1 aromatic carbocycles. The van der Waals surface area contributed by atoms with Gasteiger partial charge in [-0.05, 0) is 36.6 Å². The van der Waals surface area contributed by atoms with E-state index in [9.17, 15) is 9.59 Å². The molecule has 2 rings (SSSR count). The van der Waals surface area contributed by atoms with Gasteiger partial charge in [0.15, 0.2) is 11.5 Å². The topological polar surface area (TPSA) is 76.1 Å². The zero-order valence-corrected chi connectivity index (χ0v) is 15.1. The van der Waals surface area contributed by atoms with Crippen LogP contribution in [0.2, 0.25) is 5.02 Å². The fourth-order valence-electron chi connectivity index (χ4n) is 2.62. The van der Waals surface area contributed by atoms with Crippen LogP contribution in [0.1, 0.15) is 25.3 Å². The Morgan fingerprint density at radius 2 is 2.20 bits per heavy atom. The highest BCUT2D eigenvalue weighted by Crippen LogP contribution is 2.36. The van der Waals surface area contributed by atoms with Gasteiger partial charge in [0.05, 0.1) is 24.7 Å². The predicted octanol–water partition coefficient (Wildman–Crippen LogP) is 3.08. The molecule has 136 valence electrons. The van der Waals surface area contributed by atoms with E-state index in [1.807, 2.05) is 6.92 Å². The molecule has 1 heterocycles. The monoisotopic (exact) mass is 367 g/mol. The van der Waals surface area contributed by atoms with Gasteiger partial charge in [-0.1, -0.05) is 18.5 Å². The number of likely N-dealkylation sites (tertiary alicyclic amines) is 1. The van der Waals surface area contributed by atoms with Crippen molar-refractivity contribution in [3.63, 3.8) is 0 Å². The third-order valence-corrected chi connectivity index (χ3v) is 4.25. The van der Waals surface area contributed by atoms with E-state index in [1.54, 1.807) is 18.2 Å². The zero-order chi connectivity index (χ0) is 18.4. The molecule has 6 nitrogen and oxygen atoms in total. The number of hydrogen-bond donors (Lipinski definition) is 1. The molecule has 25 heavy (non-hydrogen) atoms. The van der Waals surface area contributed by atoms with Gasteiger partial charge in [-0.15, -0.1) is 0 Å². The Bertz CT molecular complexity index is 674. The van der Waals surface area contributed by atoms with Gasteiger partial charge < -0.3 is 19.5 Å². The van der Waals surface area contributed by atoms with E-state index < -0.39 is 11.9 Å². The van der Waals surface area contributed by atoms with Gasteiger partial charge in [0, 0.05) is 19.2 Å². The molecule has 1 saturated heterocycles. The average Bonchev–Trinajstić information content (AvgIpc) is 3.08. The summed E-state index contributed by atoms with van der Waals surface area (Å²) in [5.74, 6) is -0.580. The maximum absolute atomic E-state index is 12.2. The number of benzene rings is 1. The van der Waals surface area contributed by atoms with Crippen LogP contribution in [-0.4, -0.2) is 48.7 Å². The lowest BCUT2D eigenvalue weighted by atomic mass is 10.1. The van der Waals surface area contributed by atoms with Gasteiger partial charge in [0.25, 0.3) is 0 Å². The van der Waals surface area contributed by atoms with Crippen molar-refractivity contribution in [3.05, 3.63) is 28.8 Å². The number of ether oxygens (including phenoxy) is 2. The summed E-state index contributed by atoms with van der Waals surface area (Å²) in [5.41, 5.74) is 0.702. The van der Waals surface area contributed by atoms with Crippen LogP contribution in [0.25, 0.3) is 6.08 Å². The van der Waals surface area contributed by atoms with Crippen molar-refractivity contribution in [2.24, 2.45) is 5.92 Å². The molecule has 1 amide bonds. The number of aliphatic carboxylic acids is 1. The minimum Gasteiger partial charge on any atom is -0.493 e. The van der Waals surface area contributed by atoms with Gasteiger partial charge in [-0.3, -0.25) is 9.59 Å². The Morgan fingerprint density at radius 1 is 1.44 bits per heavy atom. The molecular formula is C18H22ClNO5. The summed E-state index contributed by atoms with van der Waals surface area (Å²) in [4.78, 5) is 24.7. The molecule has 1 aliphatic rings. The smallest absolute Gasteiger partial charge is 0.308 e. The molecule has 0 radical (unpaired) electrons. The van der Waals surface area contributed by atoms with E-state index in [2.05, 4.69) is 0 Å². The third-order valence-electron chi connectivity index (χ3n) is 3.97. The lowest BCUT2D eigenvalue weighted by Crippen LogP contribution is -2.28. The second kappa shape index (κ2) is 8.76. The maximum atomic E-state index is 12.2. The van der Waals surface area contributed by atoms with E-state index in [1.165, 1.54) is 18.1 Å². The number of carboxylic acids is 1. The molecular weight excluding hydrogens is 346 g/mol. The standard InChI is InChI=1S/C18H22ClNO5/c1-3-8-25-17-14(19)9-12(10-15(17)24-2)4-5-16(21)20-7-6-13(11-20)18(22)23/h4-5,9-10,13H,3,6-8,11H2,1-2H3,(H,22,23)/b5-4+. The molecule has 0 saturated carbocycles. The molecule has 7 heteroatoms. The van der Waals surface area contributed by atoms with Gasteiger partial charge in [0.1, 0.15) is 0 Å². The fourth-order valence-corrected chi connectivity index (χ4v) is 2.89. The highest BCUT2D eigenvalue weighted by Gasteiger charge is 2.29. The average molecular weight is 368 g/mol. The number of hydrogen-bond acceptors (Lipinski definition) is 4. The predicted molar refractivity (Wildman–Crippen MR) is 95.1 cm³/mol. The Kier molecular flexibility index (Phi) is 6.70. The van der Waals surface area contributed by atoms with Crippen molar-refractivity contribution in [2.75, 3.05) is 26.8 Å². The van der Waals surface area contributed by atoms with Crippen LogP contribution < -0.4 is 9.47 Å². The Hall–Kier alpha value is -2.21. The van der Waals surface area contributed by atoms with Crippen LogP contribution in [-0.2, 0) is 9.59 Å². The quantitative estimate of drug-likeness (QED) is 0.749. The van der Waals surface area contributed by atoms with Gasteiger partial charge in [0.2, 0.25) is 5.91 Å². The second-order valence-electron chi connectivity index (χ2n) is 5.82. The molecule has 1 N–H and O–H groups in total. The summed E-state index contributed by atoms with van der Waals surface area (Å²) in [5, 5.41) is 9.41. The van der Waals surface area contributed by atoms with Crippen LogP contribution in [0.5, 0.6) is 11.5 Å². The van der Waals surface area contributed by atoms with Gasteiger partial charge in [-0.25, -0.2) is 0 Å². The number of halogens is 1. The molecule has 0 spiro atoms. The molecule has 0 bridgehead atoms.